The molecule has 1 heteroatoms. The monoisotopic (exact) mass is 562 g/mol. The Bertz CT molecular complexity index is 1830. The summed E-state index contributed by atoms with van der Waals surface area (Å²) in [5.41, 5.74) is 8.13. The number of benzene rings is 4. The molecule has 0 N–H and O–H groups in total. The predicted octanol–water partition coefficient (Wildman–Crippen LogP) is 11.2. The van der Waals surface area contributed by atoms with E-state index < -0.39 is 0 Å². The van der Waals surface area contributed by atoms with Gasteiger partial charge >= 0.3 is 0 Å². The van der Waals surface area contributed by atoms with E-state index in [9.17, 15) is 0 Å². The van der Waals surface area contributed by atoms with Gasteiger partial charge in [0, 0.05) is 11.5 Å². The molecule has 43 heavy (non-hydrogen) atoms. The standard InChI is InChI=1S/C42H42O/c1-26-22-31(34-17-8-12-27-10-2-4-13-32(27)34)23-29-20-21-30(24-39(26)29)35-15-6-7-16-38-37-19-9-18-36-33-14-5-3-11-28(33)25-40(41(36)37)43-42(35)38/h2,4,6-8,10,12-13,15,17,20-24,28,33,36-37,40-41H,3,5,9,11,14,16,18-19,25H2,1H3. The minimum Gasteiger partial charge on any atom is -0.489 e. The molecule has 5 aliphatic rings. The summed E-state index contributed by atoms with van der Waals surface area (Å²) in [6, 6.07) is 27.3. The molecule has 216 valence electrons. The summed E-state index contributed by atoms with van der Waals surface area (Å²) in [7, 11) is 0. The highest BCUT2D eigenvalue weighted by Gasteiger charge is 2.53. The van der Waals surface area contributed by atoms with Gasteiger partial charge in [0.1, 0.15) is 11.9 Å². The van der Waals surface area contributed by atoms with Crippen LogP contribution in [0.5, 0.6) is 0 Å². The molecule has 4 aromatic rings. The number of aryl methyl sites for hydroxylation is 1. The van der Waals surface area contributed by atoms with Crippen molar-refractivity contribution in [3.63, 3.8) is 0 Å². The Hall–Kier alpha value is -3.58. The van der Waals surface area contributed by atoms with Gasteiger partial charge in [-0.2, -0.15) is 0 Å². The topological polar surface area (TPSA) is 9.23 Å². The fraction of sp³-hybridized carbons (Fsp3) is 0.381. The quantitative estimate of drug-likeness (QED) is 0.236. The van der Waals surface area contributed by atoms with Crippen LogP contribution >= 0.6 is 0 Å². The smallest absolute Gasteiger partial charge is 0.127 e. The zero-order chi connectivity index (χ0) is 28.5. The molecule has 4 aromatic carbocycles. The fourth-order valence-corrected chi connectivity index (χ4v) is 10.3. The molecule has 6 atom stereocenters. The van der Waals surface area contributed by atoms with Crippen molar-refractivity contribution in [3.8, 4) is 11.1 Å². The van der Waals surface area contributed by atoms with Gasteiger partial charge in [-0.1, -0.05) is 105 Å². The number of hydrogen-bond acceptors (Lipinski definition) is 1. The van der Waals surface area contributed by atoms with Crippen molar-refractivity contribution in [2.45, 2.75) is 70.8 Å². The Labute approximate surface area is 256 Å². The summed E-state index contributed by atoms with van der Waals surface area (Å²) < 4.78 is 7.26. The molecular formula is C42H42O. The second-order valence-electron chi connectivity index (χ2n) is 14.2. The van der Waals surface area contributed by atoms with E-state index in [1.807, 2.05) is 0 Å². The average Bonchev–Trinajstić information content (AvgIpc) is 3.27. The molecule has 0 amide bonds. The molecule has 1 heterocycles. The summed E-state index contributed by atoms with van der Waals surface area (Å²) >= 11 is 0. The van der Waals surface area contributed by atoms with Gasteiger partial charge in [-0.15, -0.1) is 0 Å². The first-order valence-electron chi connectivity index (χ1n) is 17.0. The van der Waals surface area contributed by atoms with Crippen molar-refractivity contribution in [1.29, 1.82) is 0 Å². The van der Waals surface area contributed by atoms with Crippen LogP contribution in [0.2, 0.25) is 0 Å². The molecule has 3 saturated carbocycles. The summed E-state index contributed by atoms with van der Waals surface area (Å²) in [6.45, 7) is 2.28. The lowest BCUT2D eigenvalue weighted by atomic mass is 9.52. The maximum atomic E-state index is 7.26. The maximum absolute atomic E-state index is 7.26. The lowest BCUT2D eigenvalue weighted by Gasteiger charge is -2.56. The van der Waals surface area contributed by atoms with Gasteiger partial charge in [0.2, 0.25) is 0 Å². The second-order valence-corrected chi connectivity index (χ2v) is 14.2. The van der Waals surface area contributed by atoms with E-state index in [1.54, 1.807) is 5.57 Å². The van der Waals surface area contributed by atoms with E-state index >= 15 is 0 Å². The molecule has 0 radical (unpaired) electrons. The van der Waals surface area contributed by atoms with Gasteiger partial charge in [0.25, 0.3) is 0 Å². The van der Waals surface area contributed by atoms with Crippen LogP contribution in [0.4, 0.5) is 0 Å². The van der Waals surface area contributed by atoms with Gasteiger partial charge in [-0.05, 0) is 124 Å². The SMILES string of the molecule is Cc1cc(-c2cccc3ccccc23)cc2ccc(C3=CC=CCC4=C3OC3CC5CCCCC5C5CCCC4C35)cc12. The minimum absolute atomic E-state index is 0.403. The van der Waals surface area contributed by atoms with Crippen molar-refractivity contribution < 1.29 is 4.74 Å². The van der Waals surface area contributed by atoms with E-state index in [0.29, 0.717) is 12.0 Å². The van der Waals surface area contributed by atoms with Gasteiger partial charge in [0.05, 0.1) is 0 Å². The Morgan fingerprint density at radius 1 is 0.721 bits per heavy atom. The number of ether oxygens (including phenoxy) is 1. The van der Waals surface area contributed by atoms with E-state index in [4.69, 9.17) is 4.74 Å². The van der Waals surface area contributed by atoms with Gasteiger partial charge in [0.15, 0.2) is 0 Å². The van der Waals surface area contributed by atoms with Gasteiger partial charge < -0.3 is 4.74 Å². The molecule has 9 rings (SSSR count). The van der Waals surface area contributed by atoms with Gasteiger partial charge in [-0.25, -0.2) is 0 Å². The highest BCUT2D eigenvalue weighted by Crippen LogP contribution is 2.59. The first kappa shape index (κ1) is 25.9. The van der Waals surface area contributed by atoms with Crippen molar-refractivity contribution in [1.82, 2.24) is 0 Å². The van der Waals surface area contributed by atoms with Crippen LogP contribution in [0, 0.1) is 36.5 Å². The summed E-state index contributed by atoms with van der Waals surface area (Å²) in [5, 5.41) is 5.25. The first-order chi connectivity index (χ1) is 21.2. The van der Waals surface area contributed by atoms with E-state index in [0.717, 1.165) is 30.1 Å². The van der Waals surface area contributed by atoms with Crippen LogP contribution in [-0.2, 0) is 4.74 Å². The number of fused-ring (bicyclic) bond motifs is 5. The van der Waals surface area contributed by atoms with Crippen LogP contribution in [0.3, 0.4) is 0 Å². The molecule has 0 bridgehead atoms. The summed E-state index contributed by atoms with van der Waals surface area (Å²) in [5.74, 6) is 5.41. The zero-order valence-electron chi connectivity index (χ0n) is 25.4. The minimum atomic E-state index is 0.403. The molecule has 0 saturated heterocycles. The number of rotatable bonds is 2. The van der Waals surface area contributed by atoms with Crippen molar-refractivity contribution in [3.05, 3.63) is 113 Å². The lowest BCUT2D eigenvalue weighted by molar-refractivity contribution is -0.106. The Morgan fingerprint density at radius 2 is 1.60 bits per heavy atom. The third-order valence-corrected chi connectivity index (χ3v) is 12.1. The largest absolute Gasteiger partial charge is 0.489 e. The third-order valence-electron chi connectivity index (χ3n) is 12.1. The molecule has 1 nitrogen and oxygen atoms in total. The zero-order valence-corrected chi connectivity index (χ0v) is 25.4. The highest BCUT2D eigenvalue weighted by atomic mass is 16.5. The van der Waals surface area contributed by atoms with Crippen LogP contribution < -0.4 is 0 Å². The lowest BCUT2D eigenvalue weighted by Crippen LogP contribution is -2.52. The molecule has 6 unspecified atom stereocenters. The van der Waals surface area contributed by atoms with Crippen molar-refractivity contribution in [2.75, 3.05) is 0 Å². The average molecular weight is 563 g/mol. The number of allylic oxidation sites excluding steroid dienone is 5. The maximum Gasteiger partial charge on any atom is 0.127 e. The summed E-state index contributed by atoms with van der Waals surface area (Å²) in [4.78, 5) is 0. The van der Waals surface area contributed by atoms with Crippen LogP contribution in [0.15, 0.2) is 102 Å². The first-order valence-corrected chi connectivity index (χ1v) is 17.0. The van der Waals surface area contributed by atoms with Crippen molar-refractivity contribution >= 4 is 27.1 Å². The van der Waals surface area contributed by atoms with Crippen LogP contribution in [-0.4, -0.2) is 6.10 Å². The Balaban J connectivity index is 1.11. The fourth-order valence-electron chi connectivity index (χ4n) is 10.3. The molecule has 0 spiro atoms. The third kappa shape index (κ3) is 4.18. The highest BCUT2D eigenvalue weighted by molar-refractivity contribution is 6.00. The van der Waals surface area contributed by atoms with Crippen LogP contribution in [0.25, 0.3) is 38.2 Å². The predicted molar refractivity (Wildman–Crippen MR) is 180 cm³/mol. The Kier molecular flexibility index (Phi) is 6.17. The van der Waals surface area contributed by atoms with E-state index in [2.05, 4.69) is 97.9 Å². The van der Waals surface area contributed by atoms with E-state index in [1.165, 1.54) is 106 Å². The van der Waals surface area contributed by atoms with Crippen LogP contribution in [0.1, 0.15) is 68.9 Å². The molecule has 4 aliphatic carbocycles. The number of hydrogen-bond donors (Lipinski definition) is 0. The van der Waals surface area contributed by atoms with Crippen molar-refractivity contribution in [2.24, 2.45) is 29.6 Å². The summed E-state index contributed by atoms with van der Waals surface area (Å²) in [6.07, 6.45) is 19.7. The molecule has 1 aliphatic heterocycles. The Morgan fingerprint density at radius 3 is 2.58 bits per heavy atom. The molecule has 0 aromatic heterocycles. The second kappa shape index (κ2) is 10.3. The molecular weight excluding hydrogens is 520 g/mol. The van der Waals surface area contributed by atoms with E-state index in [-0.39, 0.29) is 0 Å². The molecule has 3 fully saturated rings. The normalized spacial score (nSPS) is 29.7. The van der Waals surface area contributed by atoms with Gasteiger partial charge in [-0.3, -0.25) is 0 Å².